The topological polar surface area (TPSA) is 24.9 Å². The van der Waals surface area contributed by atoms with Gasteiger partial charge < -0.3 is 14.4 Å². The predicted octanol–water partition coefficient (Wildman–Crippen LogP) is 6.31. The maximum Gasteiger partial charge on any atom is 0.161 e. The Kier molecular flexibility index (Phi) is 7.79. The zero-order chi connectivity index (χ0) is 24.7. The van der Waals surface area contributed by atoms with Gasteiger partial charge >= 0.3 is 0 Å². The predicted molar refractivity (Wildman–Crippen MR) is 151 cm³/mol. The van der Waals surface area contributed by atoms with Crippen LogP contribution in [0.1, 0.15) is 23.6 Å². The smallest absolute Gasteiger partial charge is 0.161 e. The SMILES string of the molecule is CCOc1cc(C(=S)N2CCN(Cc3ccccc3)CC2)ccc1OCc1ccc2ccccc2c1. The Balaban J connectivity index is 1.22. The van der Waals surface area contributed by atoms with Crippen LogP contribution in [0.3, 0.4) is 0 Å². The number of rotatable bonds is 8. The molecular formula is C31H32N2O2S. The molecule has 1 fully saturated rings. The fraction of sp³-hybridized carbons (Fsp3) is 0.258. The second-order valence-electron chi connectivity index (χ2n) is 9.12. The molecule has 0 unspecified atom stereocenters. The van der Waals surface area contributed by atoms with Crippen molar-refractivity contribution in [2.45, 2.75) is 20.1 Å². The van der Waals surface area contributed by atoms with Crippen LogP contribution < -0.4 is 9.47 Å². The minimum Gasteiger partial charge on any atom is -0.490 e. The fourth-order valence-electron chi connectivity index (χ4n) is 4.65. The number of hydrogen-bond donors (Lipinski definition) is 0. The van der Waals surface area contributed by atoms with E-state index in [0.29, 0.717) is 13.2 Å². The first-order valence-corrected chi connectivity index (χ1v) is 13.0. The second kappa shape index (κ2) is 11.5. The molecule has 184 valence electrons. The van der Waals surface area contributed by atoms with Gasteiger partial charge in [0.15, 0.2) is 11.5 Å². The van der Waals surface area contributed by atoms with Gasteiger partial charge in [-0.25, -0.2) is 0 Å². The second-order valence-corrected chi connectivity index (χ2v) is 9.51. The summed E-state index contributed by atoms with van der Waals surface area (Å²) >= 11 is 5.89. The molecule has 0 aromatic heterocycles. The van der Waals surface area contributed by atoms with E-state index in [2.05, 4.69) is 88.7 Å². The standard InChI is InChI=1S/C31H32N2O2S/c1-2-34-30-21-28(31(36)33-18-16-32(17-19-33)22-24-8-4-3-5-9-24)14-15-29(30)35-23-25-12-13-26-10-6-7-11-27(26)20-25/h3-15,20-21H,2,16-19,22-23H2,1H3. The molecule has 0 N–H and O–H groups in total. The number of hydrogen-bond acceptors (Lipinski definition) is 4. The van der Waals surface area contributed by atoms with E-state index in [9.17, 15) is 0 Å². The highest BCUT2D eigenvalue weighted by molar-refractivity contribution is 7.80. The van der Waals surface area contributed by atoms with Crippen LogP contribution in [0.25, 0.3) is 10.8 Å². The summed E-state index contributed by atoms with van der Waals surface area (Å²) in [5.74, 6) is 1.48. The Labute approximate surface area is 219 Å². The van der Waals surface area contributed by atoms with Crippen molar-refractivity contribution < 1.29 is 9.47 Å². The lowest BCUT2D eigenvalue weighted by atomic mass is 10.1. The molecule has 0 spiro atoms. The molecule has 1 heterocycles. The summed E-state index contributed by atoms with van der Waals surface area (Å²) < 4.78 is 12.1. The lowest BCUT2D eigenvalue weighted by molar-refractivity contribution is 0.177. The Morgan fingerprint density at radius 1 is 0.722 bits per heavy atom. The van der Waals surface area contributed by atoms with Gasteiger partial charge in [-0.3, -0.25) is 4.90 Å². The molecule has 0 atom stereocenters. The van der Waals surface area contributed by atoms with Gasteiger partial charge in [0.1, 0.15) is 11.6 Å². The third-order valence-corrected chi connectivity index (χ3v) is 7.10. The van der Waals surface area contributed by atoms with Crippen molar-refractivity contribution in [3.05, 3.63) is 108 Å². The van der Waals surface area contributed by atoms with Gasteiger partial charge in [0, 0.05) is 38.3 Å². The van der Waals surface area contributed by atoms with Crippen molar-refractivity contribution >= 4 is 28.0 Å². The Hall–Kier alpha value is -3.41. The lowest BCUT2D eigenvalue weighted by Crippen LogP contribution is -2.48. The molecule has 1 aliphatic heterocycles. The van der Waals surface area contributed by atoms with Crippen molar-refractivity contribution in [1.29, 1.82) is 0 Å². The van der Waals surface area contributed by atoms with Gasteiger partial charge in [0.2, 0.25) is 0 Å². The third kappa shape index (κ3) is 5.86. The number of nitrogens with zero attached hydrogens (tertiary/aromatic N) is 2. The minimum absolute atomic E-state index is 0.484. The molecular weight excluding hydrogens is 464 g/mol. The van der Waals surface area contributed by atoms with Gasteiger partial charge in [-0.1, -0.05) is 78.9 Å². The molecule has 36 heavy (non-hydrogen) atoms. The molecule has 5 heteroatoms. The van der Waals surface area contributed by atoms with E-state index in [1.807, 2.05) is 19.1 Å². The summed E-state index contributed by atoms with van der Waals surface area (Å²) in [6.07, 6.45) is 0. The van der Waals surface area contributed by atoms with Crippen LogP contribution in [-0.2, 0) is 13.2 Å². The van der Waals surface area contributed by atoms with Crippen LogP contribution in [0.4, 0.5) is 0 Å². The normalized spacial score (nSPS) is 14.1. The number of thiocarbonyl (C=S) groups is 1. The van der Waals surface area contributed by atoms with Gasteiger partial charge in [0.25, 0.3) is 0 Å². The van der Waals surface area contributed by atoms with Crippen LogP contribution in [0.5, 0.6) is 11.5 Å². The molecule has 0 aliphatic carbocycles. The molecule has 0 amide bonds. The first kappa shape index (κ1) is 24.3. The molecule has 0 radical (unpaired) electrons. The summed E-state index contributed by atoms with van der Waals surface area (Å²) in [6, 6.07) is 31.5. The lowest BCUT2D eigenvalue weighted by Gasteiger charge is -2.36. The zero-order valence-corrected chi connectivity index (χ0v) is 21.5. The largest absolute Gasteiger partial charge is 0.490 e. The molecule has 0 bridgehead atoms. The number of benzene rings is 4. The maximum atomic E-state index is 6.19. The van der Waals surface area contributed by atoms with Gasteiger partial charge in [-0.15, -0.1) is 0 Å². The molecule has 1 aliphatic rings. The minimum atomic E-state index is 0.484. The maximum absolute atomic E-state index is 6.19. The van der Waals surface area contributed by atoms with Crippen LogP contribution >= 0.6 is 12.2 Å². The van der Waals surface area contributed by atoms with Crippen molar-refractivity contribution in [1.82, 2.24) is 9.80 Å². The quantitative estimate of drug-likeness (QED) is 0.266. The highest BCUT2D eigenvalue weighted by Gasteiger charge is 2.21. The summed E-state index contributed by atoms with van der Waals surface area (Å²) in [5, 5.41) is 2.45. The Morgan fingerprint density at radius 2 is 1.47 bits per heavy atom. The number of fused-ring (bicyclic) bond motifs is 1. The highest BCUT2D eigenvalue weighted by atomic mass is 32.1. The zero-order valence-electron chi connectivity index (χ0n) is 20.7. The van der Waals surface area contributed by atoms with E-state index < -0.39 is 0 Å². The average molecular weight is 497 g/mol. The Morgan fingerprint density at radius 3 is 2.25 bits per heavy atom. The molecule has 4 aromatic carbocycles. The van der Waals surface area contributed by atoms with Crippen molar-refractivity contribution in [3.8, 4) is 11.5 Å². The average Bonchev–Trinajstić information content (AvgIpc) is 2.93. The third-order valence-electron chi connectivity index (χ3n) is 6.61. The van der Waals surface area contributed by atoms with Crippen molar-refractivity contribution in [3.63, 3.8) is 0 Å². The van der Waals surface area contributed by atoms with E-state index in [1.54, 1.807) is 0 Å². The van der Waals surface area contributed by atoms with Crippen molar-refractivity contribution in [2.75, 3.05) is 32.8 Å². The van der Waals surface area contributed by atoms with E-state index in [-0.39, 0.29) is 0 Å². The van der Waals surface area contributed by atoms with Gasteiger partial charge in [-0.2, -0.15) is 0 Å². The molecule has 0 saturated carbocycles. The first-order valence-electron chi connectivity index (χ1n) is 12.6. The van der Waals surface area contributed by atoms with Gasteiger partial charge in [-0.05, 0) is 53.1 Å². The van der Waals surface area contributed by atoms with Crippen LogP contribution in [0, 0.1) is 0 Å². The Bertz CT molecular complexity index is 1320. The van der Waals surface area contributed by atoms with Crippen LogP contribution in [-0.4, -0.2) is 47.6 Å². The monoisotopic (exact) mass is 496 g/mol. The van der Waals surface area contributed by atoms with Crippen molar-refractivity contribution in [2.24, 2.45) is 0 Å². The van der Waals surface area contributed by atoms with E-state index in [4.69, 9.17) is 21.7 Å². The van der Waals surface area contributed by atoms with E-state index in [1.165, 1.54) is 16.3 Å². The molecule has 1 saturated heterocycles. The number of ether oxygens (including phenoxy) is 2. The summed E-state index contributed by atoms with van der Waals surface area (Å²) in [4.78, 5) is 5.66. The summed E-state index contributed by atoms with van der Waals surface area (Å²) in [7, 11) is 0. The van der Waals surface area contributed by atoms with Crippen LogP contribution in [0.2, 0.25) is 0 Å². The fourth-order valence-corrected chi connectivity index (χ4v) is 4.96. The molecule has 4 aromatic rings. The van der Waals surface area contributed by atoms with E-state index in [0.717, 1.165) is 60.3 Å². The van der Waals surface area contributed by atoms with E-state index >= 15 is 0 Å². The molecule has 5 rings (SSSR count). The highest BCUT2D eigenvalue weighted by Crippen LogP contribution is 2.30. The molecule has 4 nitrogen and oxygen atoms in total. The number of piperazine rings is 1. The summed E-state index contributed by atoms with van der Waals surface area (Å²) in [6.45, 7) is 7.88. The first-order chi connectivity index (χ1) is 17.7. The summed E-state index contributed by atoms with van der Waals surface area (Å²) in [5.41, 5.74) is 3.49. The van der Waals surface area contributed by atoms with Crippen LogP contribution in [0.15, 0.2) is 91.0 Å². The van der Waals surface area contributed by atoms with Gasteiger partial charge in [0.05, 0.1) is 6.61 Å².